The van der Waals surface area contributed by atoms with Crippen LogP contribution in [-0.4, -0.2) is 23.4 Å². The van der Waals surface area contributed by atoms with Crippen LogP contribution in [0.25, 0.3) is 0 Å². The first-order valence-electron chi connectivity index (χ1n) is 4.72. The van der Waals surface area contributed by atoms with E-state index in [2.05, 4.69) is 20.8 Å². The first kappa shape index (κ1) is 10.6. The van der Waals surface area contributed by atoms with Gasteiger partial charge in [-0.25, -0.2) is 0 Å². The Morgan fingerprint density at radius 2 is 2.20 bits per heavy atom. The Kier molecular flexibility index (Phi) is 2.75. The number of likely N-dealkylation sites (N-methyl/N-ethyl adjacent to an activating group) is 1. The van der Waals surface area contributed by atoms with Crippen molar-refractivity contribution in [2.24, 2.45) is 0 Å². The lowest BCUT2D eigenvalue weighted by molar-refractivity contribution is -0.385. The predicted molar refractivity (Wildman–Crippen MR) is 60.8 cm³/mol. The van der Waals surface area contributed by atoms with Crippen molar-refractivity contribution in [3.05, 3.63) is 37.8 Å². The summed E-state index contributed by atoms with van der Waals surface area (Å²) in [4.78, 5) is 12.6. The van der Waals surface area contributed by atoms with Crippen LogP contribution in [-0.2, 0) is 13.0 Å². The molecule has 1 aliphatic rings. The highest BCUT2D eigenvalue weighted by Gasteiger charge is 2.20. The van der Waals surface area contributed by atoms with Crippen molar-refractivity contribution in [2.45, 2.75) is 13.0 Å². The molecule has 0 aliphatic carbocycles. The highest BCUT2D eigenvalue weighted by Crippen LogP contribution is 2.30. The third-order valence-electron chi connectivity index (χ3n) is 2.67. The number of halogens is 1. The lowest BCUT2D eigenvalue weighted by Crippen LogP contribution is -2.26. The lowest BCUT2D eigenvalue weighted by atomic mass is 9.99. The molecule has 5 heteroatoms. The first-order valence-corrected chi connectivity index (χ1v) is 5.51. The summed E-state index contributed by atoms with van der Waals surface area (Å²) in [5.41, 5.74) is 2.44. The predicted octanol–water partition coefficient (Wildman–Crippen LogP) is 2.35. The number of rotatable bonds is 1. The summed E-state index contributed by atoms with van der Waals surface area (Å²) < 4.78 is 0.579. The van der Waals surface area contributed by atoms with Crippen molar-refractivity contribution in [1.29, 1.82) is 0 Å². The van der Waals surface area contributed by atoms with Gasteiger partial charge in [-0.1, -0.05) is 0 Å². The molecule has 0 saturated heterocycles. The molecule has 0 radical (unpaired) electrons. The van der Waals surface area contributed by atoms with Crippen molar-refractivity contribution in [3.63, 3.8) is 0 Å². The van der Waals surface area contributed by atoms with Crippen LogP contribution in [0.15, 0.2) is 16.6 Å². The highest BCUT2D eigenvalue weighted by molar-refractivity contribution is 9.10. The van der Waals surface area contributed by atoms with E-state index in [0.29, 0.717) is 4.47 Å². The molecule has 15 heavy (non-hydrogen) atoms. The number of fused-ring (bicyclic) bond motifs is 1. The van der Waals surface area contributed by atoms with E-state index >= 15 is 0 Å². The van der Waals surface area contributed by atoms with Gasteiger partial charge in [-0.15, -0.1) is 0 Å². The second kappa shape index (κ2) is 3.90. The molecule has 0 atom stereocenters. The molecule has 1 aromatic carbocycles. The molecule has 0 amide bonds. The molecule has 0 bridgehead atoms. The van der Waals surface area contributed by atoms with E-state index < -0.39 is 0 Å². The number of nitrogens with zero attached hydrogens (tertiary/aromatic N) is 2. The van der Waals surface area contributed by atoms with E-state index in [1.54, 1.807) is 6.07 Å². The maximum absolute atomic E-state index is 10.8. The summed E-state index contributed by atoms with van der Waals surface area (Å²) in [6.07, 6.45) is 0.961. The Morgan fingerprint density at radius 3 is 2.87 bits per heavy atom. The van der Waals surface area contributed by atoms with Crippen LogP contribution in [0.2, 0.25) is 0 Å². The van der Waals surface area contributed by atoms with Crippen molar-refractivity contribution >= 4 is 21.6 Å². The molecule has 0 spiro atoms. The van der Waals surface area contributed by atoms with Crippen LogP contribution in [0.1, 0.15) is 11.1 Å². The molecule has 1 aromatic rings. The zero-order valence-electron chi connectivity index (χ0n) is 8.36. The smallest absolute Gasteiger partial charge is 0.283 e. The van der Waals surface area contributed by atoms with E-state index in [1.807, 2.05) is 13.1 Å². The van der Waals surface area contributed by atoms with Gasteiger partial charge in [0.1, 0.15) is 0 Å². The topological polar surface area (TPSA) is 46.4 Å². The van der Waals surface area contributed by atoms with Gasteiger partial charge in [-0.05, 0) is 46.6 Å². The molecule has 0 N–H and O–H groups in total. The van der Waals surface area contributed by atoms with E-state index in [0.717, 1.165) is 25.1 Å². The summed E-state index contributed by atoms with van der Waals surface area (Å²) in [6.45, 7) is 1.81. The zero-order chi connectivity index (χ0) is 11.0. The van der Waals surface area contributed by atoms with Gasteiger partial charge < -0.3 is 4.90 Å². The molecule has 2 rings (SSSR count). The first-order chi connectivity index (χ1) is 7.08. The number of benzene rings is 1. The van der Waals surface area contributed by atoms with Crippen molar-refractivity contribution in [3.8, 4) is 0 Å². The van der Waals surface area contributed by atoms with Crippen LogP contribution < -0.4 is 0 Å². The van der Waals surface area contributed by atoms with Gasteiger partial charge in [0.15, 0.2) is 0 Å². The molecule has 4 nitrogen and oxygen atoms in total. The number of hydrogen-bond acceptors (Lipinski definition) is 3. The maximum atomic E-state index is 10.8. The fourth-order valence-electron chi connectivity index (χ4n) is 1.85. The fraction of sp³-hybridized carbons (Fsp3) is 0.400. The van der Waals surface area contributed by atoms with Gasteiger partial charge in [-0.2, -0.15) is 0 Å². The molecule has 1 heterocycles. The minimum Gasteiger partial charge on any atom is -0.302 e. The van der Waals surface area contributed by atoms with Gasteiger partial charge in [0.25, 0.3) is 5.69 Å². The largest absolute Gasteiger partial charge is 0.302 e. The quantitative estimate of drug-likeness (QED) is 0.581. The van der Waals surface area contributed by atoms with Gasteiger partial charge >= 0.3 is 0 Å². The SMILES string of the molecule is CN1CCc2cc(Br)c([N+](=O)[O-])cc2C1. The van der Waals surface area contributed by atoms with E-state index in [1.165, 1.54) is 5.56 Å². The van der Waals surface area contributed by atoms with Gasteiger partial charge in [0.05, 0.1) is 9.40 Å². The Bertz CT molecular complexity index is 420. The second-order valence-electron chi connectivity index (χ2n) is 3.82. The van der Waals surface area contributed by atoms with Crippen LogP contribution in [0, 0.1) is 10.1 Å². The van der Waals surface area contributed by atoms with Crippen LogP contribution in [0.4, 0.5) is 5.69 Å². The molecule has 0 unspecified atom stereocenters. The molecule has 0 saturated carbocycles. The van der Waals surface area contributed by atoms with Crippen LogP contribution in [0.3, 0.4) is 0 Å². The van der Waals surface area contributed by atoms with Crippen LogP contribution >= 0.6 is 15.9 Å². The number of hydrogen-bond donors (Lipinski definition) is 0. The normalized spacial score (nSPS) is 16.1. The Balaban J connectivity index is 2.47. The number of nitro benzene ring substituents is 1. The molecular weight excluding hydrogens is 260 g/mol. The minimum absolute atomic E-state index is 0.157. The van der Waals surface area contributed by atoms with E-state index in [4.69, 9.17) is 0 Å². The lowest BCUT2D eigenvalue weighted by Gasteiger charge is -2.24. The van der Waals surface area contributed by atoms with Gasteiger partial charge in [0.2, 0.25) is 0 Å². The summed E-state index contributed by atoms with van der Waals surface area (Å²) in [5, 5.41) is 10.8. The highest BCUT2D eigenvalue weighted by atomic mass is 79.9. The molecular formula is C10H11BrN2O2. The Morgan fingerprint density at radius 1 is 1.47 bits per heavy atom. The average molecular weight is 271 g/mol. The molecule has 0 fully saturated rings. The van der Waals surface area contributed by atoms with Gasteiger partial charge in [-0.3, -0.25) is 10.1 Å². The van der Waals surface area contributed by atoms with Gasteiger partial charge in [0, 0.05) is 19.2 Å². The fourth-order valence-corrected chi connectivity index (χ4v) is 2.38. The van der Waals surface area contributed by atoms with E-state index in [9.17, 15) is 10.1 Å². The number of nitro groups is 1. The van der Waals surface area contributed by atoms with Crippen molar-refractivity contribution in [1.82, 2.24) is 4.90 Å². The van der Waals surface area contributed by atoms with Crippen LogP contribution in [0.5, 0.6) is 0 Å². The van der Waals surface area contributed by atoms with Crippen molar-refractivity contribution < 1.29 is 4.92 Å². The summed E-state index contributed by atoms with van der Waals surface area (Å²) in [7, 11) is 2.02. The minimum atomic E-state index is -0.348. The second-order valence-corrected chi connectivity index (χ2v) is 4.67. The zero-order valence-corrected chi connectivity index (χ0v) is 9.95. The maximum Gasteiger partial charge on any atom is 0.283 e. The summed E-state index contributed by atoms with van der Waals surface area (Å²) in [5.74, 6) is 0. The third-order valence-corrected chi connectivity index (χ3v) is 3.30. The standard InChI is InChI=1S/C10H11BrN2O2/c1-12-3-2-7-4-9(11)10(13(14)15)5-8(7)6-12/h4-5H,2-3,6H2,1H3. The summed E-state index contributed by atoms with van der Waals surface area (Å²) in [6, 6.07) is 3.55. The monoisotopic (exact) mass is 270 g/mol. The van der Waals surface area contributed by atoms with E-state index in [-0.39, 0.29) is 10.6 Å². The Labute approximate surface area is 96.2 Å². The Hall–Kier alpha value is -0.940. The molecule has 1 aliphatic heterocycles. The third kappa shape index (κ3) is 2.03. The van der Waals surface area contributed by atoms with Crippen molar-refractivity contribution in [2.75, 3.05) is 13.6 Å². The molecule has 80 valence electrons. The average Bonchev–Trinajstić information content (AvgIpc) is 2.17. The molecule has 0 aromatic heterocycles. The summed E-state index contributed by atoms with van der Waals surface area (Å²) >= 11 is 3.24.